The second-order valence-electron chi connectivity index (χ2n) is 24.8. The van der Waals surface area contributed by atoms with Crippen molar-refractivity contribution < 1.29 is 9.47 Å². The maximum absolute atomic E-state index is 9.95. The number of nitriles is 1. The molecule has 1 spiro atoms. The highest BCUT2D eigenvalue weighted by Crippen LogP contribution is 2.63. The molecule has 8 heterocycles. The fourth-order valence-corrected chi connectivity index (χ4v) is 16.3. The Morgan fingerprint density at radius 2 is 0.660 bits per heavy atom. The first-order valence-electron chi connectivity index (χ1n) is 31.7. The van der Waals surface area contributed by atoms with E-state index in [0.29, 0.717) is 22.8 Å². The van der Waals surface area contributed by atoms with Crippen LogP contribution in [0.2, 0.25) is 0 Å². The summed E-state index contributed by atoms with van der Waals surface area (Å²) in [6.07, 6.45) is 4.07. The number of aromatic nitrogens is 6. The normalized spacial score (nSPS) is 13.3. The molecule has 2 aliphatic heterocycles. The minimum Gasteiger partial charge on any atom is -0.457 e. The molecule has 0 saturated heterocycles. The van der Waals surface area contributed by atoms with Gasteiger partial charge < -0.3 is 32.6 Å². The second kappa shape index (κ2) is 18.8. The standard InChI is InChI=1S/C84H48N8O2/c85-47-50-33-39-77-81(41-50)93-78-32-16-15-31-76(78)90(77)51-36-40-75-63(42-51)62-23-7-14-30-74(62)89(75)53-35-38-65-80(46-53)94-79-45-52(88-68-24-8-1-17-56(68)57-18-2-9-25-69(57)88)34-37-64(79)84(65)66-43-54(91-70-26-10-3-19-58(70)59-20-4-11-27-71(59)91)48-86-82(66)83-67(84)44-55(49-87-83)92-72-28-12-5-21-60(72)61-22-6-13-29-73(61)92/h1-46,48-49H. The summed E-state index contributed by atoms with van der Waals surface area (Å²) in [7, 11) is 0. The molecule has 0 N–H and O–H groups in total. The van der Waals surface area contributed by atoms with Gasteiger partial charge >= 0.3 is 0 Å². The molecule has 18 aromatic rings. The smallest absolute Gasteiger partial charge is 0.152 e. The average Bonchev–Trinajstić information content (AvgIpc) is 1.46. The van der Waals surface area contributed by atoms with E-state index in [1.54, 1.807) is 0 Å². The molecule has 0 amide bonds. The summed E-state index contributed by atoms with van der Waals surface area (Å²) in [5, 5.41) is 19.2. The number of benzene rings is 12. The highest BCUT2D eigenvalue weighted by molar-refractivity contribution is 6.13. The van der Waals surface area contributed by atoms with Crippen LogP contribution in [0.5, 0.6) is 23.0 Å². The van der Waals surface area contributed by atoms with Gasteiger partial charge in [-0.05, 0) is 109 Å². The molecule has 0 unspecified atom stereocenters. The van der Waals surface area contributed by atoms with Crippen molar-refractivity contribution in [3.63, 3.8) is 0 Å². The summed E-state index contributed by atoms with van der Waals surface area (Å²) >= 11 is 0. The van der Waals surface area contributed by atoms with Crippen LogP contribution in [0.4, 0.5) is 17.1 Å². The Hall–Kier alpha value is -13.0. The van der Waals surface area contributed by atoms with Crippen molar-refractivity contribution in [3.8, 4) is 63.2 Å². The third-order valence-electron chi connectivity index (χ3n) is 20.1. The lowest BCUT2D eigenvalue weighted by Gasteiger charge is -2.39. The predicted octanol–water partition coefficient (Wildman–Crippen LogP) is 20.8. The minimum absolute atomic E-state index is 0.534. The Kier molecular flexibility index (Phi) is 10.2. The van der Waals surface area contributed by atoms with Gasteiger partial charge in [0.05, 0.1) is 108 Å². The van der Waals surface area contributed by atoms with Crippen LogP contribution in [-0.4, -0.2) is 28.2 Å². The molecule has 10 nitrogen and oxygen atoms in total. The zero-order valence-electron chi connectivity index (χ0n) is 50.1. The van der Waals surface area contributed by atoms with Crippen molar-refractivity contribution in [2.45, 2.75) is 5.41 Å². The second-order valence-corrected chi connectivity index (χ2v) is 24.8. The molecule has 3 aliphatic rings. The summed E-state index contributed by atoms with van der Waals surface area (Å²) in [6.45, 7) is 0. The Bertz CT molecular complexity index is 6110. The minimum atomic E-state index is -1.04. The van der Waals surface area contributed by atoms with Gasteiger partial charge in [0.15, 0.2) is 11.5 Å². The van der Waals surface area contributed by atoms with Crippen LogP contribution in [0.25, 0.3) is 121 Å². The van der Waals surface area contributed by atoms with Crippen molar-refractivity contribution >= 4 is 104 Å². The first-order chi connectivity index (χ1) is 46.6. The molecule has 6 aromatic heterocycles. The fourth-order valence-electron chi connectivity index (χ4n) is 16.3. The number of fused-ring (bicyclic) bond motifs is 23. The molecule has 0 atom stereocenters. The molecule has 0 fully saturated rings. The number of hydrogen-bond donors (Lipinski definition) is 0. The van der Waals surface area contributed by atoms with Crippen molar-refractivity contribution in [1.29, 1.82) is 5.26 Å². The van der Waals surface area contributed by atoms with Crippen molar-refractivity contribution in [3.05, 3.63) is 319 Å². The number of hydrogen-bond acceptors (Lipinski definition) is 6. The summed E-state index contributed by atoms with van der Waals surface area (Å²) in [6, 6.07) is 102. The van der Waals surface area contributed by atoms with E-state index in [-0.39, 0.29) is 0 Å². The van der Waals surface area contributed by atoms with E-state index in [4.69, 9.17) is 19.4 Å². The lowest BCUT2D eigenvalue weighted by atomic mass is 9.66. The average molecular weight is 1200 g/mol. The summed E-state index contributed by atoms with van der Waals surface area (Å²) < 4.78 is 23.7. The van der Waals surface area contributed by atoms with Crippen LogP contribution in [0.1, 0.15) is 27.8 Å². The molecule has 94 heavy (non-hydrogen) atoms. The van der Waals surface area contributed by atoms with E-state index < -0.39 is 5.41 Å². The van der Waals surface area contributed by atoms with Crippen molar-refractivity contribution in [2.75, 3.05) is 4.90 Å². The molecule has 1 aliphatic carbocycles. The third kappa shape index (κ3) is 6.75. The van der Waals surface area contributed by atoms with Gasteiger partial charge in [-0.25, -0.2) is 0 Å². The van der Waals surface area contributed by atoms with Crippen LogP contribution >= 0.6 is 0 Å². The van der Waals surface area contributed by atoms with Crippen LogP contribution < -0.4 is 14.4 Å². The Balaban J connectivity index is 0.840. The molecule has 0 radical (unpaired) electrons. The zero-order chi connectivity index (χ0) is 61.5. The van der Waals surface area contributed by atoms with E-state index in [0.717, 1.165) is 134 Å². The fraction of sp³-hybridized carbons (Fsp3) is 0.0119. The van der Waals surface area contributed by atoms with Crippen LogP contribution in [-0.2, 0) is 5.41 Å². The van der Waals surface area contributed by atoms with Gasteiger partial charge in [0, 0.05) is 101 Å². The lowest BCUT2D eigenvalue weighted by molar-refractivity contribution is 0.436. The lowest BCUT2D eigenvalue weighted by Crippen LogP contribution is -2.32. The SMILES string of the molecule is N#Cc1ccc2c(c1)Oc1ccccc1N2c1ccc2c(c1)c1ccccc1n2-c1ccc2c(c1)Oc1cc(-n3c4ccccc4c4ccccc43)ccc1C21c2cc(-n3c4ccccc4c4ccccc43)cnc2-c2ncc(-n3c4ccccc4c4ccccc43)cc21. The number of para-hydroxylation sites is 9. The highest BCUT2D eigenvalue weighted by Gasteiger charge is 2.53. The number of anilines is 3. The molecule has 10 heteroatoms. The zero-order valence-corrected chi connectivity index (χ0v) is 50.1. The topological polar surface area (TPSA) is 91.0 Å². The van der Waals surface area contributed by atoms with Gasteiger partial charge in [0.25, 0.3) is 0 Å². The summed E-state index contributed by atoms with van der Waals surface area (Å²) in [5.74, 6) is 2.79. The first kappa shape index (κ1) is 50.8. The number of pyridine rings is 2. The van der Waals surface area contributed by atoms with Crippen LogP contribution in [0, 0.1) is 11.3 Å². The quantitative estimate of drug-likeness (QED) is 0.171. The van der Waals surface area contributed by atoms with Gasteiger partial charge in [0.1, 0.15) is 11.5 Å². The molecule has 12 aromatic carbocycles. The maximum atomic E-state index is 9.95. The van der Waals surface area contributed by atoms with E-state index in [1.807, 2.05) is 48.8 Å². The monoisotopic (exact) mass is 1200 g/mol. The van der Waals surface area contributed by atoms with Gasteiger partial charge in [-0.15, -0.1) is 0 Å². The molecule has 0 saturated carbocycles. The summed E-state index contributed by atoms with van der Waals surface area (Å²) in [5.41, 5.74) is 20.3. The van der Waals surface area contributed by atoms with Gasteiger partial charge in [-0.3, -0.25) is 9.97 Å². The third-order valence-corrected chi connectivity index (χ3v) is 20.1. The summed E-state index contributed by atoms with van der Waals surface area (Å²) in [4.78, 5) is 13.5. The van der Waals surface area contributed by atoms with Crippen LogP contribution in [0.3, 0.4) is 0 Å². The van der Waals surface area contributed by atoms with Crippen molar-refractivity contribution in [2.24, 2.45) is 0 Å². The van der Waals surface area contributed by atoms with Gasteiger partial charge in [-0.2, -0.15) is 5.26 Å². The van der Waals surface area contributed by atoms with E-state index >= 15 is 0 Å². The van der Waals surface area contributed by atoms with Gasteiger partial charge in [0.2, 0.25) is 0 Å². The largest absolute Gasteiger partial charge is 0.457 e. The molecule has 21 rings (SSSR count). The maximum Gasteiger partial charge on any atom is 0.152 e. The van der Waals surface area contributed by atoms with Gasteiger partial charge in [-0.1, -0.05) is 152 Å². The van der Waals surface area contributed by atoms with Crippen molar-refractivity contribution in [1.82, 2.24) is 28.2 Å². The number of ether oxygens (including phenoxy) is 2. The highest BCUT2D eigenvalue weighted by atomic mass is 16.5. The predicted molar refractivity (Wildman–Crippen MR) is 376 cm³/mol. The Morgan fingerprint density at radius 1 is 0.287 bits per heavy atom. The molecule has 436 valence electrons. The van der Waals surface area contributed by atoms with E-state index in [9.17, 15) is 5.26 Å². The number of nitrogens with zero attached hydrogens (tertiary/aromatic N) is 8. The van der Waals surface area contributed by atoms with Crippen LogP contribution in [0.15, 0.2) is 291 Å². The molecule has 0 bridgehead atoms. The van der Waals surface area contributed by atoms with E-state index in [1.165, 1.54) is 32.3 Å². The number of rotatable bonds is 5. The van der Waals surface area contributed by atoms with E-state index in [2.05, 4.69) is 272 Å². The molecular weight excluding hydrogens is 1150 g/mol. The molecular formula is C84H48N8O2. The first-order valence-corrected chi connectivity index (χ1v) is 31.7. The Labute approximate surface area is 537 Å². The Morgan fingerprint density at radius 3 is 1.12 bits per heavy atom.